The highest BCUT2D eigenvalue weighted by molar-refractivity contribution is 6.17. The van der Waals surface area contributed by atoms with E-state index in [1.807, 2.05) is 0 Å². The van der Waals surface area contributed by atoms with Crippen LogP contribution in [0, 0.1) is 0 Å². The zero-order chi connectivity index (χ0) is 43.1. The molecule has 0 atom stereocenters. The van der Waals surface area contributed by atoms with Gasteiger partial charge in [-0.2, -0.15) is 0 Å². The smallest absolute Gasteiger partial charge is 0.159 e. The van der Waals surface area contributed by atoms with Crippen LogP contribution in [0.15, 0.2) is 259 Å². The molecule has 0 aliphatic rings. The van der Waals surface area contributed by atoms with Gasteiger partial charge in [0.2, 0.25) is 0 Å². The molecule has 0 saturated carbocycles. The van der Waals surface area contributed by atoms with Crippen molar-refractivity contribution in [2.24, 2.45) is 0 Å². The summed E-state index contributed by atoms with van der Waals surface area (Å²) in [5.74, 6) is 0. The number of hydrogen-bond donors (Lipinski definition) is 0. The fraction of sp³-hybridized carbons (Fsp3) is 0. The molecule has 0 spiro atoms. The van der Waals surface area contributed by atoms with Crippen LogP contribution in [0.2, 0.25) is 0 Å². The van der Waals surface area contributed by atoms with Crippen LogP contribution in [0.25, 0.3) is 76.9 Å². The third-order valence-electron chi connectivity index (χ3n) is 12.6. The molecule has 0 amide bonds. The van der Waals surface area contributed by atoms with E-state index in [4.69, 9.17) is 4.42 Å². The maximum Gasteiger partial charge on any atom is 0.159 e. The number of furan rings is 1. The normalized spacial score (nSPS) is 11.4. The first-order valence-corrected chi connectivity index (χ1v) is 22.2. The topological polar surface area (TPSA) is 19.6 Å². The molecule has 0 aliphatic heterocycles. The number of para-hydroxylation sites is 3. The van der Waals surface area contributed by atoms with Gasteiger partial charge in [-0.15, -0.1) is 0 Å². The predicted molar refractivity (Wildman–Crippen MR) is 274 cm³/mol. The highest BCUT2D eigenvalue weighted by Crippen LogP contribution is 2.44. The molecule has 306 valence electrons. The molecule has 0 N–H and O–H groups in total. The predicted octanol–water partition coefficient (Wildman–Crippen LogP) is 17.8. The minimum absolute atomic E-state index is 0.868. The van der Waals surface area contributed by atoms with E-state index in [1.54, 1.807) is 0 Å². The Bertz CT molecular complexity index is 3640. The maximum absolute atomic E-state index is 6.84. The van der Waals surface area contributed by atoms with E-state index in [0.717, 1.165) is 67.0 Å². The summed E-state index contributed by atoms with van der Waals surface area (Å²) in [6.07, 6.45) is 0. The van der Waals surface area contributed by atoms with Crippen molar-refractivity contribution in [2.45, 2.75) is 0 Å². The van der Waals surface area contributed by atoms with E-state index in [2.05, 4.69) is 265 Å². The molecule has 0 saturated heterocycles. The van der Waals surface area contributed by atoms with Gasteiger partial charge in [0, 0.05) is 44.6 Å². The Hall–Kier alpha value is -8.66. The number of fused-ring (bicyclic) bond motifs is 6. The quantitative estimate of drug-likeness (QED) is 0.144. The van der Waals surface area contributed by atoms with Crippen molar-refractivity contribution in [3.05, 3.63) is 255 Å². The van der Waals surface area contributed by atoms with Gasteiger partial charge in [-0.1, -0.05) is 176 Å². The lowest BCUT2D eigenvalue weighted by atomic mass is 9.94. The zero-order valence-electron chi connectivity index (χ0n) is 35.6. The van der Waals surface area contributed by atoms with Crippen LogP contribution in [0.3, 0.4) is 0 Å². The van der Waals surface area contributed by atoms with E-state index in [-0.39, 0.29) is 0 Å². The Labute approximate surface area is 378 Å². The molecule has 0 bridgehead atoms. The van der Waals surface area contributed by atoms with E-state index in [9.17, 15) is 0 Å². The first kappa shape index (κ1) is 38.0. The molecule has 1 heterocycles. The van der Waals surface area contributed by atoms with Crippen LogP contribution < -0.4 is 9.80 Å². The third kappa shape index (κ3) is 6.97. The maximum atomic E-state index is 6.84. The molecule has 0 radical (unpaired) electrons. The molecule has 0 unspecified atom stereocenters. The Morgan fingerprint density at radius 2 is 0.723 bits per heavy atom. The number of rotatable bonds is 9. The molecular formula is C62H42N2O. The van der Waals surface area contributed by atoms with Gasteiger partial charge in [0.05, 0.1) is 5.69 Å². The van der Waals surface area contributed by atoms with Crippen molar-refractivity contribution < 1.29 is 4.42 Å². The summed E-state index contributed by atoms with van der Waals surface area (Å²) in [5.41, 5.74) is 15.3. The minimum atomic E-state index is 0.868. The molecule has 0 aliphatic carbocycles. The lowest BCUT2D eigenvalue weighted by Gasteiger charge is -2.26. The zero-order valence-corrected chi connectivity index (χ0v) is 35.6. The first-order chi connectivity index (χ1) is 32.2. The highest BCUT2D eigenvalue weighted by Gasteiger charge is 2.21. The molecule has 12 aromatic rings. The highest BCUT2D eigenvalue weighted by atomic mass is 16.3. The second kappa shape index (κ2) is 16.2. The van der Waals surface area contributed by atoms with Gasteiger partial charge >= 0.3 is 0 Å². The molecule has 3 nitrogen and oxygen atoms in total. The number of hydrogen-bond acceptors (Lipinski definition) is 3. The SMILES string of the molecule is c1ccc(-c2cccc(N(c3ccccc3)c3ccc(-c4cccc5ccc(-c6ccc(N(c7ccccc7)c7cccc8c7oc7c9ccccc9ccc87)cc6)cc45)cc3)c2)cc1. The lowest BCUT2D eigenvalue weighted by molar-refractivity contribution is 0.673. The van der Waals surface area contributed by atoms with Crippen LogP contribution >= 0.6 is 0 Å². The van der Waals surface area contributed by atoms with Crippen molar-refractivity contribution in [1.82, 2.24) is 0 Å². The Balaban J connectivity index is 0.894. The molecule has 12 rings (SSSR count). The summed E-state index contributed by atoms with van der Waals surface area (Å²) < 4.78 is 6.84. The minimum Gasteiger partial charge on any atom is -0.453 e. The summed E-state index contributed by atoms with van der Waals surface area (Å²) in [6, 6.07) is 91.1. The fourth-order valence-electron chi connectivity index (χ4n) is 9.47. The molecular weight excluding hydrogens is 789 g/mol. The van der Waals surface area contributed by atoms with E-state index < -0.39 is 0 Å². The largest absolute Gasteiger partial charge is 0.453 e. The molecule has 3 heteroatoms. The van der Waals surface area contributed by atoms with Gasteiger partial charge < -0.3 is 14.2 Å². The Morgan fingerprint density at radius 1 is 0.246 bits per heavy atom. The van der Waals surface area contributed by atoms with Gasteiger partial charge in [0.25, 0.3) is 0 Å². The van der Waals surface area contributed by atoms with E-state index in [1.165, 1.54) is 44.0 Å². The lowest BCUT2D eigenvalue weighted by Crippen LogP contribution is -2.10. The van der Waals surface area contributed by atoms with Crippen molar-refractivity contribution in [2.75, 3.05) is 9.80 Å². The van der Waals surface area contributed by atoms with E-state index in [0.29, 0.717) is 0 Å². The monoisotopic (exact) mass is 830 g/mol. The Morgan fingerprint density at radius 3 is 1.49 bits per heavy atom. The van der Waals surface area contributed by atoms with Crippen molar-refractivity contribution in [1.29, 1.82) is 0 Å². The number of nitrogens with zero attached hydrogens (tertiary/aromatic N) is 2. The third-order valence-corrected chi connectivity index (χ3v) is 12.6. The average Bonchev–Trinajstić information content (AvgIpc) is 3.78. The van der Waals surface area contributed by atoms with Crippen LogP contribution in [-0.2, 0) is 0 Å². The van der Waals surface area contributed by atoms with Gasteiger partial charge in [-0.3, -0.25) is 0 Å². The van der Waals surface area contributed by atoms with Crippen LogP contribution in [-0.4, -0.2) is 0 Å². The van der Waals surface area contributed by atoms with E-state index >= 15 is 0 Å². The van der Waals surface area contributed by atoms with Crippen molar-refractivity contribution in [3.8, 4) is 33.4 Å². The Kier molecular flexibility index (Phi) is 9.50. The van der Waals surface area contributed by atoms with Crippen molar-refractivity contribution in [3.63, 3.8) is 0 Å². The molecule has 0 fully saturated rings. The van der Waals surface area contributed by atoms with Crippen LogP contribution in [0.5, 0.6) is 0 Å². The summed E-state index contributed by atoms with van der Waals surface area (Å²) in [5, 5.41) is 6.93. The van der Waals surface area contributed by atoms with Crippen molar-refractivity contribution >= 4 is 77.6 Å². The molecule has 11 aromatic carbocycles. The fourth-order valence-corrected chi connectivity index (χ4v) is 9.47. The first-order valence-electron chi connectivity index (χ1n) is 22.2. The summed E-state index contributed by atoms with van der Waals surface area (Å²) >= 11 is 0. The number of benzene rings is 11. The van der Waals surface area contributed by atoms with Crippen LogP contribution in [0.4, 0.5) is 34.1 Å². The number of anilines is 6. The second-order valence-electron chi connectivity index (χ2n) is 16.5. The van der Waals surface area contributed by atoms with Gasteiger partial charge in [0.15, 0.2) is 5.58 Å². The standard InChI is InChI=1S/C62H42N2O/c1-4-15-43(16-5-1)48-19-12-24-54(41-48)63(50-20-6-2-7-21-50)52-38-33-47(34-39-52)55-26-13-18-46-29-30-49(42-59(46)55)44-31-36-53(37-32-44)64(51-22-8-3-9-23-51)60-28-14-27-57-58-40-35-45-17-10-11-25-56(45)61(58)65-62(57)60/h1-42H. The summed E-state index contributed by atoms with van der Waals surface area (Å²) in [6.45, 7) is 0. The van der Waals surface area contributed by atoms with Crippen LogP contribution in [0.1, 0.15) is 0 Å². The van der Waals surface area contributed by atoms with Gasteiger partial charge in [-0.05, 0) is 128 Å². The molecule has 65 heavy (non-hydrogen) atoms. The van der Waals surface area contributed by atoms with Gasteiger partial charge in [-0.25, -0.2) is 0 Å². The summed E-state index contributed by atoms with van der Waals surface area (Å²) in [4.78, 5) is 4.64. The molecule has 1 aromatic heterocycles. The second-order valence-corrected chi connectivity index (χ2v) is 16.5. The summed E-state index contributed by atoms with van der Waals surface area (Å²) in [7, 11) is 0. The average molecular weight is 831 g/mol. The van der Waals surface area contributed by atoms with Gasteiger partial charge in [0.1, 0.15) is 5.58 Å².